The molecule has 2 N–H and O–H groups in total. The Bertz CT molecular complexity index is 730. The highest BCUT2D eigenvalue weighted by molar-refractivity contribution is 6.30. The highest BCUT2D eigenvalue weighted by Gasteiger charge is 2.22. The molecule has 0 saturated carbocycles. The molecule has 7 nitrogen and oxygen atoms in total. The van der Waals surface area contributed by atoms with E-state index in [1.165, 1.54) is 19.4 Å². The number of likely N-dealkylation sites (N-methyl/N-ethyl adjacent to an activating group) is 1. The van der Waals surface area contributed by atoms with E-state index in [1.54, 1.807) is 19.2 Å². The number of halogens is 1. The number of rotatable bonds is 6. The first-order chi connectivity index (χ1) is 12.7. The van der Waals surface area contributed by atoms with Crippen molar-refractivity contribution in [2.24, 2.45) is 4.99 Å². The Labute approximate surface area is 158 Å². The molecule has 1 fully saturated rings. The van der Waals surface area contributed by atoms with Crippen LogP contribution >= 0.6 is 11.6 Å². The lowest BCUT2D eigenvalue weighted by molar-refractivity contribution is 0.267. The van der Waals surface area contributed by atoms with Crippen LogP contribution in [0.2, 0.25) is 5.02 Å². The first-order valence-electron chi connectivity index (χ1n) is 8.96. The lowest BCUT2D eigenvalue weighted by Gasteiger charge is -2.23. The molecule has 1 aliphatic rings. The number of hydrogen-bond donors (Lipinski definition) is 2. The van der Waals surface area contributed by atoms with Gasteiger partial charge in [0, 0.05) is 30.2 Å². The normalized spacial score (nSPS) is 18.3. The molecule has 2 aromatic rings. The standard InChI is InChI=1S/C18H25ClN6O/c1-3-25-10-4-5-15(25)11-21-18(20-2)22-12-16-23-17(24-26-16)13-6-8-14(19)9-7-13/h6-9,15H,3-5,10-12H2,1-2H3,(H2,20,21,22). The number of hydrogen-bond acceptors (Lipinski definition) is 5. The molecule has 1 aromatic carbocycles. The molecule has 1 aliphatic heterocycles. The molecule has 0 bridgehead atoms. The molecule has 26 heavy (non-hydrogen) atoms. The van der Waals surface area contributed by atoms with E-state index in [-0.39, 0.29) is 0 Å². The van der Waals surface area contributed by atoms with Crippen molar-refractivity contribution in [3.63, 3.8) is 0 Å². The van der Waals surface area contributed by atoms with Crippen LogP contribution in [0.5, 0.6) is 0 Å². The Morgan fingerprint density at radius 1 is 1.35 bits per heavy atom. The van der Waals surface area contributed by atoms with Gasteiger partial charge in [-0.25, -0.2) is 0 Å². The fourth-order valence-electron chi connectivity index (χ4n) is 3.18. The predicted molar refractivity (Wildman–Crippen MR) is 103 cm³/mol. The second-order valence-electron chi connectivity index (χ2n) is 6.25. The van der Waals surface area contributed by atoms with E-state index in [9.17, 15) is 0 Å². The Hall–Kier alpha value is -2.12. The maximum Gasteiger partial charge on any atom is 0.246 e. The minimum Gasteiger partial charge on any atom is -0.355 e. The zero-order valence-electron chi connectivity index (χ0n) is 15.2. The molecule has 140 valence electrons. The predicted octanol–water partition coefficient (Wildman–Crippen LogP) is 2.54. The van der Waals surface area contributed by atoms with Crippen LogP contribution in [-0.2, 0) is 6.54 Å². The van der Waals surface area contributed by atoms with Gasteiger partial charge in [0.2, 0.25) is 11.7 Å². The van der Waals surface area contributed by atoms with E-state index >= 15 is 0 Å². The fourth-order valence-corrected chi connectivity index (χ4v) is 3.31. The first-order valence-corrected chi connectivity index (χ1v) is 9.34. The summed E-state index contributed by atoms with van der Waals surface area (Å²) in [5.41, 5.74) is 0.868. The van der Waals surface area contributed by atoms with Gasteiger partial charge in [0.1, 0.15) is 0 Å². The summed E-state index contributed by atoms with van der Waals surface area (Å²) in [4.78, 5) is 11.2. The lowest BCUT2D eigenvalue weighted by atomic mass is 10.2. The van der Waals surface area contributed by atoms with Gasteiger partial charge in [-0.05, 0) is 50.2 Å². The third-order valence-corrected chi connectivity index (χ3v) is 4.86. The van der Waals surface area contributed by atoms with Crippen LogP contribution in [0, 0.1) is 0 Å². The third kappa shape index (κ3) is 4.74. The van der Waals surface area contributed by atoms with Crippen molar-refractivity contribution >= 4 is 17.6 Å². The zero-order valence-corrected chi connectivity index (χ0v) is 16.0. The largest absolute Gasteiger partial charge is 0.355 e. The Morgan fingerprint density at radius 3 is 2.88 bits per heavy atom. The van der Waals surface area contributed by atoms with Crippen molar-refractivity contribution in [2.75, 3.05) is 26.7 Å². The van der Waals surface area contributed by atoms with Gasteiger partial charge < -0.3 is 15.2 Å². The monoisotopic (exact) mass is 376 g/mol. The molecule has 1 saturated heterocycles. The Morgan fingerprint density at radius 2 is 2.15 bits per heavy atom. The minimum absolute atomic E-state index is 0.419. The number of nitrogens with zero attached hydrogens (tertiary/aromatic N) is 4. The van der Waals surface area contributed by atoms with Gasteiger partial charge in [-0.2, -0.15) is 4.98 Å². The fraction of sp³-hybridized carbons (Fsp3) is 0.500. The van der Waals surface area contributed by atoms with Gasteiger partial charge in [0.15, 0.2) is 5.96 Å². The number of guanidine groups is 1. The summed E-state index contributed by atoms with van der Waals surface area (Å²) in [5, 5.41) is 11.3. The van der Waals surface area contributed by atoms with E-state index in [0.29, 0.717) is 29.3 Å². The quantitative estimate of drug-likeness (QED) is 0.596. The summed E-state index contributed by atoms with van der Waals surface area (Å²) in [6.45, 7) is 5.78. The van der Waals surface area contributed by atoms with Crippen LogP contribution in [0.25, 0.3) is 11.4 Å². The molecule has 2 heterocycles. The maximum absolute atomic E-state index is 5.90. The summed E-state index contributed by atoms with van der Waals surface area (Å²) < 4.78 is 5.31. The van der Waals surface area contributed by atoms with Crippen molar-refractivity contribution in [3.8, 4) is 11.4 Å². The molecule has 0 aliphatic carbocycles. The van der Waals surface area contributed by atoms with Crippen LogP contribution in [-0.4, -0.2) is 53.7 Å². The number of benzene rings is 1. The first kappa shape index (κ1) is 18.7. The third-order valence-electron chi connectivity index (χ3n) is 4.61. The van der Waals surface area contributed by atoms with Crippen molar-refractivity contribution < 1.29 is 4.52 Å². The number of aliphatic imine (C=N–C) groups is 1. The molecule has 0 amide bonds. The molecule has 1 aromatic heterocycles. The highest BCUT2D eigenvalue weighted by Crippen LogP contribution is 2.18. The minimum atomic E-state index is 0.419. The van der Waals surface area contributed by atoms with Gasteiger partial charge in [-0.15, -0.1) is 0 Å². The van der Waals surface area contributed by atoms with E-state index in [4.69, 9.17) is 16.1 Å². The summed E-state index contributed by atoms with van der Waals surface area (Å²) >= 11 is 5.90. The van der Waals surface area contributed by atoms with Crippen LogP contribution in [0.4, 0.5) is 0 Å². The summed E-state index contributed by atoms with van der Waals surface area (Å²) in [6.07, 6.45) is 2.49. The van der Waals surface area contributed by atoms with Crippen LogP contribution < -0.4 is 10.6 Å². The van der Waals surface area contributed by atoms with Gasteiger partial charge in [-0.1, -0.05) is 23.7 Å². The van der Waals surface area contributed by atoms with Crippen molar-refractivity contribution in [2.45, 2.75) is 32.4 Å². The summed E-state index contributed by atoms with van der Waals surface area (Å²) in [7, 11) is 1.76. The number of aromatic nitrogens is 2. The highest BCUT2D eigenvalue weighted by atomic mass is 35.5. The number of nitrogens with one attached hydrogen (secondary N) is 2. The van der Waals surface area contributed by atoms with Gasteiger partial charge in [0.25, 0.3) is 0 Å². The topological polar surface area (TPSA) is 78.6 Å². The molecule has 8 heteroatoms. The van der Waals surface area contributed by atoms with Crippen molar-refractivity contribution in [1.82, 2.24) is 25.7 Å². The Kier molecular flexibility index (Phi) is 6.46. The molecule has 3 rings (SSSR count). The van der Waals surface area contributed by atoms with E-state index in [0.717, 1.165) is 24.6 Å². The van der Waals surface area contributed by atoms with Crippen molar-refractivity contribution in [1.29, 1.82) is 0 Å². The lowest BCUT2D eigenvalue weighted by Crippen LogP contribution is -2.44. The number of likely N-dealkylation sites (tertiary alicyclic amines) is 1. The second-order valence-corrected chi connectivity index (χ2v) is 6.69. The van der Waals surface area contributed by atoms with Gasteiger partial charge >= 0.3 is 0 Å². The van der Waals surface area contributed by atoms with Crippen molar-refractivity contribution in [3.05, 3.63) is 35.2 Å². The molecular weight excluding hydrogens is 352 g/mol. The van der Waals surface area contributed by atoms with Gasteiger partial charge in [0.05, 0.1) is 6.54 Å². The molecule has 0 radical (unpaired) electrons. The maximum atomic E-state index is 5.90. The smallest absolute Gasteiger partial charge is 0.246 e. The van der Waals surface area contributed by atoms with E-state index < -0.39 is 0 Å². The molecule has 1 atom stereocenters. The van der Waals surface area contributed by atoms with E-state index in [1.807, 2.05) is 12.1 Å². The second kappa shape index (κ2) is 9.00. The van der Waals surface area contributed by atoms with Crippen LogP contribution in [0.15, 0.2) is 33.8 Å². The average Bonchev–Trinajstić information content (AvgIpc) is 3.31. The SMILES string of the molecule is CCN1CCCC1CNC(=NC)NCc1nc(-c2ccc(Cl)cc2)no1. The Balaban J connectivity index is 1.50. The van der Waals surface area contributed by atoms with E-state index in [2.05, 4.69) is 37.6 Å². The van der Waals surface area contributed by atoms with Crippen LogP contribution in [0.1, 0.15) is 25.7 Å². The molecule has 1 unspecified atom stereocenters. The molecule has 0 spiro atoms. The van der Waals surface area contributed by atoms with Gasteiger partial charge in [-0.3, -0.25) is 9.89 Å². The van der Waals surface area contributed by atoms with Crippen LogP contribution in [0.3, 0.4) is 0 Å². The molecular formula is C18H25ClN6O. The summed E-state index contributed by atoms with van der Waals surface area (Å²) in [5.74, 6) is 1.79. The summed E-state index contributed by atoms with van der Waals surface area (Å²) in [6, 6.07) is 7.91. The zero-order chi connectivity index (χ0) is 18.4. The average molecular weight is 377 g/mol.